The molecule has 9 heteroatoms. The highest BCUT2D eigenvalue weighted by Crippen LogP contribution is 2.25. The molecule has 2 unspecified atom stereocenters. The average molecular weight is 491 g/mol. The van der Waals surface area contributed by atoms with E-state index in [-0.39, 0.29) is 12.5 Å². The second-order valence-electron chi connectivity index (χ2n) is 9.87. The predicted molar refractivity (Wildman–Crippen MR) is 136 cm³/mol. The van der Waals surface area contributed by atoms with Gasteiger partial charge in [-0.3, -0.25) is 14.4 Å². The van der Waals surface area contributed by atoms with Gasteiger partial charge in [-0.15, -0.1) is 0 Å². The van der Waals surface area contributed by atoms with Gasteiger partial charge in [0.1, 0.15) is 17.7 Å². The molecule has 0 aromatic heterocycles. The van der Waals surface area contributed by atoms with Crippen molar-refractivity contribution < 1.29 is 23.9 Å². The number of rotatable bonds is 12. The highest BCUT2D eigenvalue weighted by Gasteiger charge is 2.36. The fourth-order valence-electron chi connectivity index (χ4n) is 3.78. The van der Waals surface area contributed by atoms with Gasteiger partial charge in [0.15, 0.2) is 0 Å². The molecule has 0 bridgehead atoms. The van der Waals surface area contributed by atoms with Crippen LogP contribution in [0.2, 0.25) is 0 Å². The van der Waals surface area contributed by atoms with Crippen LogP contribution in [-0.4, -0.2) is 53.4 Å². The van der Waals surface area contributed by atoms with Crippen LogP contribution in [0.5, 0.6) is 0 Å². The average Bonchev–Trinajstić information content (AvgIpc) is 2.70. The Morgan fingerprint density at radius 1 is 1.03 bits per heavy atom. The monoisotopic (exact) mass is 490 g/mol. The van der Waals surface area contributed by atoms with E-state index in [1.165, 1.54) is 4.90 Å². The molecule has 35 heavy (non-hydrogen) atoms. The second kappa shape index (κ2) is 13.7. The summed E-state index contributed by atoms with van der Waals surface area (Å²) in [5.74, 6) is -1.65. The van der Waals surface area contributed by atoms with Crippen LogP contribution in [-0.2, 0) is 19.1 Å². The molecule has 0 aliphatic heterocycles. The lowest BCUT2D eigenvalue weighted by molar-refractivity contribution is -0.143. The Morgan fingerprint density at radius 2 is 1.63 bits per heavy atom. The molecule has 0 radical (unpaired) electrons. The molecule has 0 fully saturated rings. The Hall–Kier alpha value is -3.10. The summed E-state index contributed by atoms with van der Waals surface area (Å²) in [7, 11) is 0. The number of carbonyl (C=O) groups excluding carboxylic acids is 4. The van der Waals surface area contributed by atoms with Crippen LogP contribution in [0.3, 0.4) is 0 Å². The van der Waals surface area contributed by atoms with Gasteiger partial charge in [-0.05, 0) is 53.0 Å². The number of hydrogen-bond donors (Lipinski definition) is 3. The van der Waals surface area contributed by atoms with Crippen molar-refractivity contribution in [1.82, 2.24) is 15.5 Å². The maximum Gasteiger partial charge on any atom is 0.408 e. The standard InChI is InChI=1S/C26H42N4O5/c1-8-10-11-28-23(32)22(19-14-17(3)13-18(4)15-19)30(12-9-2)24(33)20(16-21(27)31)29-25(34)35-26(5,6)7/h13-15,20,22H,8-12,16H2,1-7H3,(H2,27,31)(H,28,32)(H,29,34). The van der Waals surface area contributed by atoms with Crippen molar-refractivity contribution >= 4 is 23.8 Å². The molecule has 0 aliphatic carbocycles. The van der Waals surface area contributed by atoms with Crippen molar-refractivity contribution in [2.24, 2.45) is 5.73 Å². The Morgan fingerprint density at radius 3 is 2.11 bits per heavy atom. The molecule has 0 saturated carbocycles. The first-order valence-corrected chi connectivity index (χ1v) is 12.2. The molecule has 196 valence electrons. The third-order valence-corrected chi connectivity index (χ3v) is 5.09. The Bertz CT molecular complexity index is 874. The van der Waals surface area contributed by atoms with Gasteiger partial charge < -0.3 is 26.0 Å². The molecule has 0 heterocycles. The summed E-state index contributed by atoms with van der Waals surface area (Å²) in [6.45, 7) is 13.6. The van der Waals surface area contributed by atoms with Crippen molar-refractivity contribution in [2.45, 2.75) is 91.8 Å². The zero-order chi connectivity index (χ0) is 26.8. The van der Waals surface area contributed by atoms with E-state index in [0.29, 0.717) is 18.5 Å². The zero-order valence-corrected chi connectivity index (χ0v) is 22.2. The van der Waals surface area contributed by atoms with Crippen molar-refractivity contribution in [2.75, 3.05) is 13.1 Å². The number of nitrogens with two attached hydrogens (primary N) is 1. The smallest absolute Gasteiger partial charge is 0.408 e. The molecular weight excluding hydrogens is 448 g/mol. The topological polar surface area (TPSA) is 131 Å². The number of carbonyl (C=O) groups is 4. The van der Waals surface area contributed by atoms with Gasteiger partial charge in [0.05, 0.1) is 6.42 Å². The van der Waals surface area contributed by atoms with Crippen LogP contribution < -0.4 is 16.4 Å². The highest BCUT2D eigenvalue weighted by molar-refractivity contribution is 5.94. The normalized spacial score (nSPS) is 12.9. The third kappa shape index (κ3) is 10.4. The lowest BCUT2D eigenvalue weighted by Crippen LogP contribution is -2.54. The molecule has 4 amide bonds. The minimum absolute atomic E-state index is 0.239. The molecule has 1 aromatic carbocycles. The van der Waals surface area contributed by atoms with Crippen LogP contribution in [0.1, 0.15) is 83.0 Å². The lowest BCUT2D eigenvalue weighted by atomic mass is 9.98. The van der Waals surface area contributed by atoms with E-state index in [9.17, 15) is 19.2 Å². The molecule has 9 nitrogen and oxygen atoms in total. The minimum Gasteiger partial charge on any atom is -0.444 e. The largest absolute Gasteiger partial charge is 0.444 e. The first kappa shape index (κ1) is 29.9. The number of benzene rings is 1. The van der Waals surface area contributed by atoms with Gasteiger partial charge in [-0.25, -0.2) is 4.79 Å². The molecule has 1 aromatic rings. The minimum atomic E-state index is -1.27. The Kier molecular flexibility index (Phi) is 11.7. The molecule has 2 atom stereocenters. The van der Waals surface area contributed by atoms with Gasteiger partial charge >= 0.3 is 6.09 Å². The maximum atomic E-state index is 13.8. The van der Waals surface area contributed by atoms with Crippen molar-refractivity contribution in [3.63, 3.8) is 0 Å². The Balaban J connectivity index is 3.45. The predicted octanol–water partition coefficient (Wildman–Crippen LogP) is 3.27. The number of primary amides is 1. The summed E-state index contributed by atoms with van der Waals surface area (Å²) in [5.41, 5.74) is 7.17. The molecule has 0 aliphatic rings. The summed E-state index contributed by atoms with van der Waals surface area (Å²) >= 11 is 0. The molecule has 1 rings (SSSR count). The summed E-state index contributed by atoms with van der Waals surface area (Å²) in [6, 6.07) is 3.52. The van der Waals surface area contributed by atoms with Crippen LogP contribution in [0.4, 0.5) is 4.79 Å². The van der Waals surface area contributed by atoms with Crippen LogP contribution >= 0.6 is 0 Å². The second-order valence-corrected chi connectivity index (χ2v) is 9.87. The number of unbranched alkanes of at least 4 members (excludes halogenated alkanes) is 1. The quantitative estimate of drug-likeness (QED) is 0.387. The first-order chi connectivity index (χ1) is 16.3. The summed E-state index contributed by atoms with van der Waals surface area (Å²) < 4.78 is 5.28. The molecule has 0 saturated heterocycles. The number of nitrogens with one attached hydrogen (secondary N) is 2. The van der Waals surface area contributed by atoms with Gasteiger partial charge in [-0.2, -0.15) is 0 Å². The number of ether oxygens (including phenoxy) is 1. The summed E-state index contributed by atoms with van der Waals surface area (Å²) in [5, 5.41) is 5.41. The van der Waals surface area contributed by atoms with Crippen molar-refractivity contribution in [1.29, 1.82) is 0 Å². The van der Waals surface area contributed by atoms with Gasteiger partial charge in [-0.1, -0.05) is 49.6 Å². The van der Waals surface area contributed by atoms with Gasteiger partial charge in [0.2, 0.25) is 17.7 Å². The lowest BCUT2D eigenvalue weighted by Gasteiger charge is -2.34. The van der Waals surface area contributed by atoms with E-state index >= 15 is 0 Å². The number of amides is 4. The van der Waals surface area contributed by atoms with E-state index in [4.69, 9.17) is 10.5 Å². The fraction of sp³-hybridized carbons (Fsp3) is 0.615. The van der Waals surface area contributed by atoms with Crippen LogP contribution in [0.15, 0.2) is 18.2 Å². The molecule has 4 N–H and O–H groups in total. The molecule has 0 spiro atoms. The van der Waals surface area contributed by atoms with Crippen molar-refractivity contribution in [3.8, 4) is 0 Å². The van der Waals surface area contributed by atoms with E-state index in [2.05, 4.69) is 10.6 Å². The van der Waals surface area contributed by atoms with Crippen molar-refractivity contribution in [3.05, 3.63) is 34.9 Å². The number of nitrogens with zero attached hydrogens (tertiary/aromatic N) is 1. The van der Waals surface area contributed by atoms with E-state index in [1.54, 1.807) is 20.8 Å². The third-order valence-electron chi connectivity index (χ3n) is 5.09. The van der Waals surface area contributed by atoms with E-state index in [0.717, 1.165) is 24.0 Å². The highest BCUT2D eigenvalue weighted by atomic mass is 16.6. The Labute approximate surface area is 209 Å². The zero-order valence-electron chi connectivity index (χ0n) is 22.2. The SMILES string of the molecule is CCCCNC(=O)C(c1cc(C)cc(C)c1)N(CCC)C(=O)C(CC(N)=O)NC(=O)OC(C)(C)C. The fourth-order valence-corrected chi connectivity index (χ4v) is 3.78. The van der Waals surface area contributed by atoms with Crippen LogP contribution in [0, 0.1) is 13.8 Å². The van der Waals surface area contributed by atoms with Gasteiger partial charge in [0.25, 0.3) is 0 Å². The van der Waals surface area contributed by atoms with Crippen LogP contribution in [0.25, 0.3) is 0 Å². The summed E-state index contributed by atoms with van der Waals surface area (Å²) in [4.78, 5) is 52.8. The molecular formula is C26H42N4O5. The van der Waals surface area contributed by atoms with E-state index < -0.39 is 42.0 Å². The summed E-state index contributed by atoms with van der Waals surface area (Å²) in [6.07, 6.45) is 1.01. The number of alkyl carbamates (subject to hydrolysis) is 1. The van der Waals surface area contributed by atoms with Gasteiger partial charge in [0, 0.05) is 13.1 Å². The number of aryl methyl sites for hydroxylation is 2. The van der Waals surface area contributed by atoms with E-state index in [1.807, 2.05) is 45.9 Å². The number of hydrogen-bond acceptors (Lipinski definition) is 5. The maximum absolute atomic E-state index is 13.8. The first-order valence-electron chi connectivity index (χ1n) is 12.2.